The number of amides is 2. The highest BCUT2D eigenvalue weighted by molar-refractivity contribution is 7.92. The van der Waals surface area contributed by atoms with E-state index >= 15 is 0 Å². The van der Waals surface area contributed by atoms with Gasteiger partial charge in [-0.15, -0.1) is 0 Å². The first-order valence-corrected chi connectivity index (χ1v) is 13.3. The zero-order chi connectivity index (χ0) is 25.7. The molecule has 186 valence electrons. The average molecular weight is 488 g/mol. The summed E-state index contributed by atoms with van der Waals surface area (Å²) < 4.78 is 26.4. The topological polar surface area (TPSA) is 86.8 Å². The molecule has 7 nitrogen and oxygen atoms in total. The third kappa shape index (κ3) is 7.32. The zero-order valence-corrected chi connectivity index (χ0v) is 22.1. The van der Waals surface area contributed by atoms with Gasteiger partial charge < -0.3 is 10.2 Å². The van der Waals surface area contributed by atoms with Crippen LogP contribution in [0.5, 0.6) is 0 Å². The van der Waals surface area contributed by atoms with Crippen molar-refractivity contribution in [2.45, 2.75) is 59.5 Å². The lowest BCUT2D eigenvalue weighted by atomic mass is 9.87. The first-order valence-electron chi connectivity index (χ1n) is 11.4. The number of aryl methyl sites for hydroxylation is 1. The molecule has 0 saturated carbocycles. The monoisotopic (exact) mass is 487 g/mol. The van der Waals surface area contributed by atoms with Gasteiger partial charge in [-0.25, -0.2) is 8.42 Å². The van der Waals surface area contributed by atoms with Gasteiger partial charge in [-0.1, -0.05) is 62.7 Å². The molecule has 2 amide bonds. The number of likely N-dealkylation sites (N-methyl/N-ethyl adjacent to an activating group) is 1. The van der Waals surface area contributed by atoms with E-state index in [2.05, 4.69) is 26.1 Å². The molecule has 0 aliphatic heterocycles. The van der Waals surface area contributed by atoms with Crippen molar-refractivity contribution in [2.75, 3.05) is 23.7 Å². The van der Waals surface area contributed by atoms with E-state index in [1.54, 1.807) is 19.1 Å². The number of nitrogens with zero attached hydrogens (tertiary/aromatic N) is 2. The summed E-state index contributed by atoms with van der Waals surface area (Å²) in [5, 5.41) is 2.75. The Morgan fingerprint density at radius 1 is 1.06 bits per heavy atom. The van der Waals surface area contributed by atoms with Crippen LogP contribution in [-0.2, 0) is 31.6 Å². The SMILES string of the molecule is CCNC(=O)[C@H](C)N(Cc1cccc(C)c1)C(=O)CN(c1ccc(C(C)(C)C)cc1)S(C)(=O)=O. The number of benzene rings is 2. The molecule has 0 saturated heterocycles. The summed E-state index contributed by atoms with van der Waals surface area (Å²) in [6.45, 7) is 11.9. The van der Waals surface area contributed by atoms with Gasteiger partial charge in [0.2, 0.25) is 21.8 Å². The molecule has 0 bridgehead atoms. The van der Waals surface area contributed by atoms with Crippen molar-refractivity contribution in [3.63, 3.8) is 0 Å². The minimum Gasteiger partial charge on any atom is -0.355 e. The first-order chi connectivity index (χ1) is 15.7. The molecule has 0 radical (unpaired) electrons. The second-order valence-corrected chi connectivity index (χ2v) is 11.6. The summed E-state index contributed by atoms with van der Waals surface area (Å²) in [4.78, 5) is 27.5. The van der Waals surface area contributed by atoms with E-state index in [1.165, 1.54) is 4.90 Å². The van der Waals surface area contributed by atoms with Crippen LogP contribution >= 0.6 is 0 Å². The van der Waals surface area contributed by atoms with Gasteiger partial charge in [-0.05, 0) is 49.4 Å². The standard InChI is InChI=1S/C26H37N3O4S/c1-8-27-25(31)20(3)28(17-21-11-9-10-19(2)16-21)24(30)18-29(34(7,32)33)23-14-12-22(13-15-23)26(4,5)6/h9-16,20H,8,17-18H2,1-7H3,(H,27,31)/t20-/m0/s1. The number of hydrogen-bond donors (Lipinski definition) is 1. The lowest BCUT2D eigenvalue weighted by Gasteiger charge is -2.31. The van der Waals surface area contributed by atoms with Crippen LogP contribution in [0.25, 0.3) is 0 Å². The Kier molecular flexibility index (Phi) is 8.89. The Bertz CT molecular complexity index is 1110. The number of hydrogen-bond acceptors (Lipinski definition) is 4. The van der Waals surface area contributed by atoms with Gasteiger partial charge in [0.25, 0.3) is 0 Å². The first kappa shape index (κ1) is 27.4. The summed E-state index contributed by atoms with van der Waals surface area (Å²) in [6, 6.07) is 14.1. The second kappa shape index (κ2) is 11.0. The molecular weight excluding hydrogens is 450 g/mol. The fourth-order valence-corrected chi connectivity index (χ4v) is 4.50. The van der Waals surface area contributed by atoms with Gasteiger partial charge >= 0.3 is 0 Å². The third-order valence-corrected chi connectivity index (χ3v) is 6.79. The maximum absolute atomic E-state index is 13.5. The molecule has 0 aliphatic rings. The molecule has 34 heavy (non-hydrogen) atoms. The molecule has 0 heterocycles. The maximum Gasteiger partial charge on any atom is 0.244 e. The van der Waals surface area contributed by atoms with Crippen LogP contribution in [-0.4, -0.2) is 50.5 Å². The Labute approximate surface area is 204 Å². The smallest absolute Gasteiger partial charge is 0.244 e. The minimum atomic E-state index is -3.75. The molecule has 0 fully saturated rings. The summed E-state index contributed by atoms with van der Waals surface area (Å²) in [5.74, 6) is -0.741. The van der Waals surface area contributed by atoms with E-state index in [9.17, 15) is 18.0 Å². The van der Waals surface area contributed by atoms with Crippen molar-refractivity contribution in [1.29, 1.82) is 0 Å². The summed E-state index contributed by atoms with van der Waals surface area (Å²) >= 11 is 0. The quantitative estimate of drug-likeness (QED) is 0.585. The largest absolute Gasteiger partial charge is 0.355 e. The number of rotatable bonds is 9. The Morgan fingerprint density at radius 3 is 2.18 bits per heavy atom. The highest BCUT2D eigenvalue weighted by Gasteiger charge is 2.30. The molecule has 1 N–H and O–H groups in total. The second-order valence-electron chi connectivity index (χ2n) is 9.65. The number of nitrogens with one attached hydrogen (secondary N) is 1. The molecule has 2 aromatic carbocycles. The number of anilines is 1. The minimum absolute atomic E-state index is 0.0864. The van der Waals surface area contributed by atoms with Crippen LogP contribution < -0.4 is 9.62 Å². The Morgan fingerprint density at radius 2 is 1.68 bits per heavy atom. The van der Waals surface area contributed by atoms with Gasteiger partial charge in [-0.2, -0.15) is 0 Å². The van der Waals surface area contributed by atoms with E-state index in [-0.39, 0.29) is 17.9 Å². The van der Waals surface area contributed by atoms with Gasteiger partial charge in [-0.3, -0.25) is 13.9 Å². The maximum atomic E-state index is 13.5. The van der Waals surface area contributed by atoms with Crippen molar-refractivity contribution in [3.8, 4) is 0 Å². The summed E-state index contributed by atoms with van der Waals surface area (Å²) in [6.07, 6.45) is 1.08. The molecule has 8 heteroatoms. The van der Waals surface area contributed by atoms with Gasteiger partial charge in [0, 0.05) is 13.1 Å². The molecule has 0 spiro atoms. The highest BCUT2D eigenvalue weighted by Crippen LogP contribution is 2.26. The van der Waals surface area contributed by atoms with E-state index in [1.807, 2.05) is 50.2 Å². The van der Waals surface area contributed by atoms with Crippen LogP contribution in [0.4, 0.5) is 5.69 Å². The predicted molar refractivity (Wildman–Crippen MR) is 137 cm³/mol. The molecule has 0 aliphatic carbocycles. The van der Waals surface area contributed by atoms with Crippen LogP contribution in [0.1, 0.15) is 51.3 Å². The lowest BCUT2D eigenvalue weighted by molar-refractivity contribution is -0.139. The van der Waals surface area contributed by atoms with Crippen molar-refractivity contribution in [2.24, 2.45) is 0 Å². The average Bonchev–Trinajstić information content (AvgIpc) is 2.74. The fraction of sp³-hybridized carbons (Fsp3) is 0.462. The molecule has 2 aromatic rings. The van der Waals surface area contributed by atoms with Gasteiger partial charge in [0.15, 0.2) is 0 Å². The third-order valence-electron chi connectivity index (χ3n) is 5.65. The van der Waals surface area contributed by atoms with E-state index in [4.69, 9.17) is 0 Å². The van der Waals surface area contributed by atoms with Crippen molar-refractivity contribution < 1.29 is 18.0 Å². The molecule has 0 aromatic heterocycles. The number of carbonyl (C=O) groups excluding carboxylic acids is 2. The molecule has 2 rings (SSSR count). The summed E-state index contributed by atoms with van der Waals surface area (Å²) in [5.41, 5.74) is 3.28. The van der Waals surface area contributed by atoms with Crippen molar-refractivity contribution in [3.05, 3.63) is 65.2 Å². The number of sulfonamides is 1. The van der Waals surface area contributed by atoms with Crippen LogP contribution in [0.15, 0.2) is 48.5 Å². The molecule has 1 atom stereocenters. The van der Waals surface area contributed by atoms with Crippen LogP contribution in [0.2, 0.25) is 0 Å². The van der Waals surface area contributed by atoms with Gasteiger partial charge in [0.1, 0.15) is 12.6 Å². The summed E-state index contributed by atoms with van der Waals surface area (Å²) in [7, 11) is -3.75. The normalized spacial score (nSPS) is 12.7. The van der Waals surface area contributed by atoms with E-state index in [0.717, 1.165) is 27.3 Å². The Hall–Kier alpha value is -2.87. The highest BCUT2D eigenvalue weighted by atomic mass is 32.2. The fourth-order valence-electron chi connectivity index (χ4n) is 3.65. The van der Waals surface area contributed by atoms with Crippen molar-refractivity contribution in [1.82, 2.24) is 10.2 Å². The van der Waals surface area contributed by atoms with Crippen molar-refractivity contribution >= 4 is 27.5 Å². The van der Waals surface area contributed by atoms with Gasteiger partial charge in [0.05, 0.1) is 11.9 Å². The zero-order valence-electron chi connectivity index (χ0n) is 21.3. The van der Waals surface area contributed by atoms with E-state index < -0.39 is 28.5 Å². The van der Waals surface area contributed by atoms with Crippen LogP contribution in [0, 0.1) is 6.92 Å². The van der Waals surface area contributed by atoms with E-state index in [0.29, 0.717) is 12.2 Å². The Balaban J connectivity index is 2.39. The lowest BCUT2D eigenvalue weighted by Crippen LogP contribution is -2.51. The number of carbonyl (C=O) groups is 2. The molecular formula is C26H37N3O4S. The van der Waals surface area contributed by atoms with Crippen LogP contribution in [0.3, 0.4) is 0 Å². The predicted octanol–water partition coefficient (Wildman–Crippen LogP) is 3.61. The molecule has 0 unspecified atom stereocenters.